The van der Waals surface area contributed by atoms with Crippen molar-refractivity contribution >= 4 is 22.7 Å². The van der Waals surface area contributed by atoms with Crippen LogP contribution in [0.15, 0.2) is 41.7 Å². The van der Waals surface area contributed by atoms with Crippen molar-refractivity contribution in [3.63, 3.8) is 0 Å². The molecular formula is C18H16FN5O3. The van der Waals surface area contributed by atoms with Gasteiger partial charge in [-0.15, -0.1) is 0 Å². The number of carbonyl (C=O) groups is 2. The molecule has 27 heavy (non-hydrogen) atoms. The second-order valence-electron chi connectivity index (χ2n) is 6.31. The van der Waals surface area contributed by atoms with Crippen LogP contribution < -0.4 is 10.7 Å². The van der Waals surface area contributed by atoms with E-state index in [0.29, 0.717) is 17.8 Å². The van der Waals surface area contributed by atoms with Crippen molar-refractivity contribution in [2.24, 2.45) is 0 Å². The number of halogens is 1. The molecule has 0 spiro atoms. The maximum atomic E-state index is 13.5. The van der Waals surface area contributed by atoms with Gasteiger partial charge >= 0.3 is 0 Å². The topological polar surface area (TPSA) is 111 Å². The molecule has 2 amide bonds. The molecule has 1 fully saturated rings. The highest BCUT2D eigenvalue weighted by Crippen LogP contribution is 2.15. The number of H-pyrrole nitrogens is 2. The number of rotatable bonds is 3. The fraction of sp³-hybridized carbons (Fsp3) is 0.222. The van der Waals surface area contributed by atoms with Crippen LogP contribution in [0.4, 0.5) is 4.39 Å². The molecule has 0 bridgehead atoms. The molecule has 0 unspecified atom stereocenters. The third kappa shape index (κ3) is 3.07. The van der Waals surface area contributed by atoms with Gasteiger partial charge < -0.3 is 20.2 Å². The van der Waals surface area contributed by atoms with E-state index in [1.165, 1.54) is 29.6 Å². The van der Waals surface area contributed by atoms with Gasteiger partial charge in [-0.05, 0) is 18.2 Å². The second kappa shape index (κ2) is 6.67. The van der Waals surface area contributed by atoms with Crippen LogP contribution in [0.5, 0.6) is 0 Å². The van der Waals surface area contributed by atoms with Crippen LogP contribution in [-0.4, -0.2) is 50.8 Å². The van der Waals surface area contributed by atoms with Crippen molar-refractivity contribution in [2.45, 2.75) is 12.5 Å². The molecule has 8 nitrogen and oxygen atoms in total. The molecule has 3 N–H and O–H groups in total. The highest BCUT2D eigenvalue weighted by atomic mass is 19.1. The molecule has 9 heteroatoms. The summed E-state index contributed by atoms with van der Waals surface area (Å²) >= 11 is 0. The van der Waals surface area contributed by atoms with Gasteiger partial charge in [-0.1, -0.05) is 0 Å². The lowest BCUT2D eigenvalue weighted by atomic mass is 10.0. The Kier molecular flexibility index (Phi) is 4.19. The summed E-state index contributed by atoms with van der Waals surface area (Å²) in [6, 6.07) is 3.00. The maximum absolute atomic E-state index is 13.5. The minimum atomic E-state index is -0.769. The first-order chi connectivity index (χ1) is 13.0. The molecule has 1 aromatic carbocycles. The minimum absolute atomic E-state index is 0.0902. The Labute approximate surface area is 152 Å². The molecule has 0 saturated carbocycles. The lowest BCUT2D eigenvalue weighted by molar-refractivity contribution is -0.127. The van der Waals surface area contributed by atoms with Crippen molar-refractivity contribution in [1.29, 1.82) is 0 Å². The van der Waals surface area contributed by atoms with Crippen molar-refractivity contribution < 1.29 is 14.0 Å². The Bertz CT molecular complexity index is 1080. The maximum Gasteiger partial charge on any atom is 0.260 e. The number of carbonyl (C=O) groups excluding carboxylic acids is 2. The molecule has 3 aromatic rings. The van der Waals surface area contributed by atoms with Crippen LogP contribution in [0.25, 0.3) is 10.9 Å². The van der Waals surface area contributed by atoms with Crippen LogP contribution in [0.2, 0.25) is 0 Å². The van der Waals surface area contributed by atoms with Crippen LogP contribution in [0.1, 0.15) is 16.1 Å². The average Bonchev–Trinajstić information content (AvgIpc) is 3.17. The molecule has 1 aliphatic rings. The molecule has 3 heterocycles. The lowest BCUT2D eigenvalue weighted by Crippen LogP contribution is -2.58. The number of benzene rings is 1. The van der Waals surface area contributed by atoms with Gasteiger partial charge in [-0.3, -0.25) is 14.4 Å². The molecule has 2 aromatic heterocycles. The molecule has 138 valence electrons. The monoisotopic (exact) mass is 369 g/mol. The van der Waals surface area contributed by atoms with Crippen LogP contribution in [0, 0.1) is 5.82 Å². The first-order valence-corrected chi connectivity index (χ1v) is 8.41. The average molecular weight is 369 g/mol. The molecule has 1 saturated heterocycles. The number of aromatic nitrogens is 3. The number of hydrogen-bond donors (Lipinski definition) is 3. The zero-order valence-corrected chi connectivity index (χ0v) is 14.2. The quantitative estimate of drug-likeness (QED) is 0.627. The van der Waals surface area contributed by atoms with E-state index < -0.39 is 23.2 Å². The predicted molar refractivity (Wildman–Crippen MR) is 94.7 cm³/mol. The third-order valence-corrected chi connectivity index (χ3v) is 4.63. The number of fused-ring (bicyclic) bond motifs is 1. The van der Waals surface area contributed by atoms with Crippen LogP contribution >= 0.6 is 0 Å². The number of hydrogen-bond acceptors (Lipinski definition) is 4. The Morgan fingerprint density at radius 2 is 2.15 bits per heavy atom. The molecule has 0 radical (unpaired) electrons. The summed E-state index contributed by atoms with van der Waals surface area (Å²) in [7, 11) is 0. The van der Waals surface area contributed by atoms with Gasteiger partial charge in [0.05, 0.1) is 6.33 Å². The highest BCUT2D eigenvalue weighted by Gasteiger charge is 2.35. The fourth-order valence-corrected chi connectivity index (χ4v) is 3.27. The Morgan fingerprint density at radius 3 is 2.93 bits per heavy atom. The largest absolute Gasteiger partial charge is 0.360 e. The SMILES string of the molecule is O=C1NCCN(C(=O)c2c[nH]c3ccc(F)cc3c2=O)[C@@H]1Cc1cnc[nH]1. The zero-order chi connectivity index (χ0) is 19.0. The summed E-state index contributed by atoms with van der Waals surface area (Å²) in [5, 5.41) is 2.82. The molecule has 1 aliphatic heterocycles. The van der Waals surface area contributed by atoms with Crippen LogP contribution in [-0.2, 0) is 11.2 Å². The third-order valence-electron chi connectivity index (χ3n) is 4.63. The summed E-state index contributed by atoms with van der Waals surface area (Å²) < 4.78 is 13.5. The highest BCUT2D eigenvalue weighted by molar-refractivity contribution is 6.00. The summed E-state index contributed by atoms with van der Waals surface area (Å²) in [6.07, 6.45) is 4.63. The van der Waals surface area contributed by atoms with E-state index >= 15 is 0 Å². The van der Waals surface area contributed by atoms with E-state index in [0.717, 1.165) is 6.07 Å². The summed E-state index contributed by atoms with van der Waals surface area (Å²) in [6.45, 7) is 0.564. The van der Waals surface area contributed by atoms with E-state index in [-0.39, 0.29) is 29.8 Å². The van der Waals surface area contributed by atoms with E-state index in [9.17, 15) is 18.8 Å². The predicted octanol–water partition coefficient (Wildman–Crippen LogP) is 0.574. The van der Waals surface area contributed by atoms with Gasteiger partial charge in [0, 0.05) is 48.5 Å². The standard InChI is InChI=1S/C18H16FN5O3/c19-10-1-2-14-12(5-10)16(25)13(8-22-14)18(27)24-4-3-21-17(26)15(24)6-11-7-20-9-23-11/h1-2,5,7-9,15H,3-4,6H2,(H,20,23)(H,21,26)(H,22,25)/t15-/m1/s1. The zero-order valence-electron chi connectivity index (χ0n) is 14.2. The number of aromatic amines is 2. The Morgan fingerprint density at radius 1 is 1.30 bits per heavy atom. The number of pyridine rings is 1. The van der Waals surface area contributed by atoms with E-state index in [4.69, 9.17) is 0 Å². The minimum Gasteiger partial charge on any atom is -0.360 e. The number of piperazine rings is 1. The summed E-state index contributed by atoms with van der Waals surface area (Å²) in [4.78, 5) is 49.1. The van der Waals surface area contributed by atoms with Gasteiger partial charge in [-0.25, -0.2) is 9.37 Å². The summed E-state index contributed by atoms with van der Waals surface area (Å²) in [5.41, 5.74) is 0.435. The first-order valence-electron chi connectivity index (χ1n) is 8.41. The first kappa shape index (κ1) is 17.0. The molecule has 1 atom stereocenters. The van der Waals surface area contributed by atoms with Gasteiger partial charge in [-0.2, -0.15) is 0 Å². The van der Waals surface area contributed by atoms with Crippen molar-refractivity contribution in [3.8, 4) is 0 Å². The van der Waals surface area contributed by atoms with Crippen molar-refractivity contribution in [3.05, 3.63) is 64.2 Å². The van der Waals surface area contributed by atoms with E-state index in [1.807, 2.05) is 0 Å². The number of nitrogens with zero attached hydrogens (tertiary/aromatic N) is 2. The number of amides is 2. The van der Waals surface area contributed by atoms with Gasteiger partial charge in [0.1, 0.15) is 17.4 Å². The molecule has 0 aliphatic carbocycles. The normalized spacial score (nSPS) is 17.1. The Balaban J connectivity index is 1.71. The smallest absolute Gasteiger partial charge is 0.260 e. The van der Waals surface area contributed by atoms with Crippen molar-refractivity contribution in [1.82, 2.24) is 25.2 Å². The second-order valence-corrected chi connectivity index (χ2v) is 6.31. The van der Waals surface area contributed by atoms with Gasteiger partial charge in [0.25, 0.3) is 5.91 Å². The van der Waals surface area contributed by atoms with Crippen molar-refractivity contribution in [2.75, 3.05) is 13.1 Å². The number of imidazole rings is 1. The summed E-state index contributed by atoms with van der Waals surface area (Å²) in [5.74, 6) is -1.43. The molecule has 4 rings (SSSR count). The van der Waals surface area contributed by atoms with Gasteiger partial charge in [0.15, 0.2) is 0 Å². The van der Waals surface area contributed by atoms with E-state index in [1.54, 1.807) is 6.20 Å². The number of nitrogens with one attached hydrogen (secondary N) is 3. The molecular weight excluding hydrogens is 353 g/mol. The fourth-order valence-electron chi connectivity index (χ4n) is 3.27. The van der Waals surface area contributed by atoms with E-state index in [2.05, 4.69) is 20.3 Å². The van der Waals surface area contributed by atoms with Gasteiger partial charge in [0.2, 0.25) is 11.3 Å². The lowest BCUT2D eigenvalue weighted by Gasteiger charge is -2.34. The van der Waals surface area contributed by atoms with Crippen LogP contribution in [0.3, 0.4) is 0 Å². The Hall–Kier alpha value is -3.49.